The Morgan fingerprint density at radius 2 is 2.00 bits per heavy atom. The molecule has 1 aromatic carbocycles. The molecule has 4 nitrogen and oxygen atoms in total. The lowest BCUT2D eigenvalue weighted by molar-refractivity contribution is 0.0951. The van der Waals surface area contributed by atoms with Crippen LogP contribution in [0, 0.1) is 0 Å². The Labute approximate surface area is 128 Å². The maximum Gasteiger partial charge on any atom is 0.151 e. The number of aryl methyl sites for hydroxylation is 1. The number of hydrogen-bond acceptors (Lipinski definition) is 4. The van der Waals surface area contributed by atoms with E-state index in [-0.39, 0.29) is 17.3 Å². The molecular weight excluding hydrogens is 284 g/mol. The highest BCUT2D eigenvalue weighted by Crippen LogP contribution is 2.27. The van der Waals surface area contributed by atoms with Crippen LogP contribution < -0.4 is 5.73 Å². The lowest BCUT2D eigenvalue weighted by Gasteiger charge is -2.41. The van der Waals surface area contributed by atoms with Crippen molar-refractivity contribution < 1.29 is 8.42 Å². The first-order chi connectivity index (χ1) is 9.86. The lowest BCUT2D eigenvalue weighted by Crippen LogP contribution is -2.54. The van der Waals surface area contributed by atoms with Crippen LogP contribution in [-0.4, -0.2) is 50.0 Å². The second-order valence-corrected chi connectivity index (χ2v) is 8.58. The summed E-state index contributed by atoms with van der Waals surface area (Å²) in [7, 11) is -0.841. The van der Waals surface area contributed by atoms with Gasteiger partial charge in [0.2, 0.25) is 0 Å². The molecule has 1 heterocycles. The van der Waals surface area contributed by atoms with Gasteiger partial charge in [-0.15, -0.1) is 0 Å². The third-order valence-corrected chi connectivity index (χ3v) is 6.59. The molecule has 2 atom stereocenters. The Morgan fingerprint density at radius 1 is 1.33 bits per heavy atom. The van der Waals surface area contributed by atoms with E-state index in [1.165, 1.54) is 5.56 Å². The van der Waals surface area contributed by atoms with Crippen LogP contribution in [0.4, 0.5) is 0 Å². The summed E-state index contributed by atoms with van der Waals surface area (Å²) >= 11 is 0. The van der Waals surface area contributed by atoms with Crippen molar-refractivity contribution in [3.63, 3.8) is 0 Å². The highest BCUT2D eigenvalue weighted by molar-refractivity contribution is 7.91. The minimum absolute atomic E-state index is 0.0966. The number of hydrogen-bond donors (Lipinski definition) is 1. The van der Waals surface area contributed by atoms with Gasteiger partial charge in [-0.05, 0) is 38.8 Å². The molecule has 118 valence electrons. The van der Waals surface area contributed by atoms with Crippen LogP contribution >= 0.6 is 0 Å². The van der Waals surface area contributed by atoms with Gasteiger partial charge in [-0.3, -0.25) is 4.90 Å². The molecule has 1 aliphatic heterocycles. The van der Waals surface area contributed by atoms with E-state index < -0.39 is 9.84 Å². The second kappa shape index (κ2) is 6.46. The Bertz CT molecular complexity index is 559. The molecule has 21 heavy (non-hydrogen) atoms. The van der Waals surface area contributed by atoms with Gasteiger partial charge in [0.25, 0.3) is 0 Å². The summed E-state index contributed by atoms with van der Waals surface area (Å²) in [4.78, 5) is 2.19. The molecule has 0 aromatic heterocycles. The molecule has 5 heteroatoms. The molecule has 0 amide bonds. The van der Waals surface area contributed by atoms with E-state index in [0.29, 0.717) is 12.3 Å². The normalized spacial score (nSPS) is 24.1. The quantitative estimate of drug-likeness (QED) is 0.864. The van der Waals surface area contributed by atoms with Crippen LogP contribution in [0.15, 0.2) is 30.3 Å². The average molecular weight is 310 g/mol. The van der Waals surface area contributed by atoms with Gasteiger partial charge in [0.15, 0.2) is 9.84 Å². The van der Waals surface area contributed by atoms with Crippen molar-refractivity contribution in [3.05, 3.63) is 35.9 Å². The predicted octanol–water partition coefficient (Wildman–Crippen LogP) is 1.46. The fourth-order valence-corrected chi connectivity index (χ4v) is 4.78. The summed E-state index contributed by atoms with van der Waals surface area (Å²) in [5.74, 6) is 0.575. The zero-order valence-corrected chi connectivity index (χ0v) is 13.8. The molecule has 2 rings (SSSR count). The zero-order chi connectivity index (χ0) is 15.5. The molecule has 1 aliphatic rings. The van der Waals surface area contributed by atoms with Gasteiger partial charge in [0, 0.05) is 18.1 Å². The van der Waals surface area contributed by atoms with Gasteiger partial charge in [-0.25, -0.2) is 8.42 Å². The molecule has 0 aliphatic carbocycles. The van der Waals surface area contributed by atoms with Crippen molar-refractivity contribution in [2.45, 2.75) is 37.8 Å². The van der Waals surface area contributed by atoms with Crippen LogP contribution in [0.2, 0.25) is 0 Å². The van der Waals surface area contributed by atoms with E-state index in [1.54, 1.807) is 0 Å². The van der Waals surface area contributed by atoms with E-state index in [2.05, 4.69) is 24.0 Å². The first-order valence-electron chi connectivity index (χ1n) is 7.54. The van der Waals surface area contributed by atoms with Crippen LogP contribution in [-0.2, 0) is 16.3 Å². The number of likely N-dealkylation sites (N-methyl/N-ethyl adjacent to an activating group) is 1. The first kappa shape index (κ1) is 16.5. The van der Waals surface area contributed by atoms with E-state index in [4.69, 9.17) is 5.73 Å². The largest absolute Gasteiger partial charge is 0.329 e. The summed E-state index contributed by atoms with van der Waals surface area (Å²) in [6.07, 6.45) is 2.61. The average Bonchev–Trinajstić information content (AvgIpc) is 2.85. The number of benzene rings is 1. The standard InChI is InChI=1S/C16H26N2O2S/c1-16(13-17,10-8-14-6-4-3-5-7-14)18(2)15-9-11-21(19,20)12-15/h3-7,15H,8-13,17H2,1-2H3. The van der Waals surface area contributed by atoms with E-state index in [9.17, 15) is 8.42 Å². The van der Waals surface area contributed by atoms with Gasteiger partial charge in [-0.1, -0.05) is 30.3 Å². The highest BCUT2D eigenvalue weighted by Gasteiger charge is 2.38. The molecule has 0 bridgehead atoms. The minimum Gasteiger partial charge on any atom is -0.329 e. The van der Waals surface area contributed by atoms with Crippen LogP contribution in [0.25, 0.3) is 0 Å². The summed E-state index contributed by atoms with van der Waals surface area (Å²) in [5, 5.41) is 0. The van der Waals surface area contributed by atoms with Crippen molar-refractivity contribution in [3.8, 4) is 0 Å². The van der Waals surface area contributed by atoms with E-state index >= 15 is 0 Å². The maximum absolute atomic E-state index is 11.7. The smallest absolute Gasteiger partial charge is 0.151 e. The number of rotatable bonds is 6. The van der Waals surface area contributed by atoms with Gasteiger partial charge in [-0.2, -0.15) is 0 Å². The number of sulfone groups is 1. The number of nitrogens with two attached hydrogens (primary N) is 1. The Balaban J connectivity index is 2.02. The van der Waals surface area contributed by atoms with Gasteiger partial charge < -0.3 is 5.73 Å². The monoisotopic (exact) mass is 310 g/mol. The summed E-state index contributed by atoms with van der Waals surface area (Å²) in [6.45, 7) is 2.67. The molecule has 2 unspecified atom stereocenters. The van der Waals surface area contributed by atoms with Crippen LogP contribution in [0.3, 0.4) is 0 Å². The van der Waals surface area contributed by atoms with Gasteiger partial charge in [0.05, 0.1) is 11.5 Å². The van der Waals surface area contributed by atoms with E-state index in [0.717, 1.165) is 19.3 Å². The summed E-state index contributed by atoms with van der Waals surface area (Å²) in [5.41, 5.74) is 7.15. The molecule has 1 fully saturated rings. The zero-order valence-electron chi connectivity index (χ0n) is 13.0. The molecular formula is C16H26N2O2S. The van der Waals surface area contributed by atoms with Crippen molar-refractivity contribution >= 4 is 9.84 Å². The van der Waals surface area contributed by atoms with Crippen molar-refractivity contribution in [2.24, 2.45) is 5.73 Å². The Hall–Kier alpha value is -0.910. The van der Waals surface area contributed by atoms with Crippen LogP contribution in [0.1, 0.15) is 25.3 Å². The van der Waals surface area contributed by atoms with Gasteiger partial charge >= 0.3 is 0 Å². The first-order valence-corrected chi connectivity index (χ1v) is 9.36. The van der Waals surface area contributed by atoms with E-state index in [1.807, 2.05) is 25.2 Å². The lowest BCUT2D eigenvalue weighted by atomic mass is 9.90. The van der Waals surface area contributed by atoms with Crippen LogP contribution in [0.5, 0.6) is 0 Å². The molecule has 2 N–H and O–H groups in total. The second-order valence-electron chi connectivity index (χ2n) is 6.35. The molecule has 0 radical (unpaired) electrons. The topological polar surface area (TPSA) is 63.4 Å². The van der Waals surface area contributed by atoms with Gasteiger partial charge in [0.1, 0.15) is 0 Å². The predicted molar refractivity (Wildman–Crippen MR) is 87.0 cm³/mol. The Morgan fingerprint density at radius 3 is 2.52 bits per heavy atom. The van der Waals surface area contributed by atoms with Crippen molar-refractivity contribution in [1.29, 1.82) is 0 Å². The SMILES string of the molecule is CN(C1CCS(=O)(=O)C1)C(C)(CN)CCc1ccccc1. The summed E-state index contributed by atoms with van der Waals surface area (Å²) in [6, 6.07) is 10.4. The maximum atomic E-state index is 11.7. The fraction of sp³-hybridized carbons (Fsp3) is 0.625. The Kier molecular flexibility index (Phi) is 5.07. The number of nitrogens with zero attached hydrogens (tertiary/aromatic N) is 1. The van der Waals surface area contributed by atoms with Crippen molar-refractivity contribution in [1.82, 2.24) is 4.90 Å². The molecule has 1 saturated heterocycles. The molecule has 0 saturated carbocycles. The summed E-state index contributed by atoms with van der Waals surface area (Å²) < 4.78 is 23.4. The van der Waals surface area contributed by atoms with Crippen molar-refractivity contribution in [2.75, 3.05) is 25.1 Å². The molecule has 0 spiro atoms. The fourth-order valence-electron chi connectivity index (χ4n) is 3.00. The highest BCUT2D eigenvalue weighted by atomic mass is 32.2. The third kappa shape index (κ3) is 4.05. The third-order valence-electron chi connectivity index (χ3n) is 4.84. The minimum atomic E-state index is -2.86. The molecule has 1 aromatic rings.